The molecule has 1 rings (SSSR count). The Bertz CT molecular complexity index is 347. The Morgan fingerprint density at radius 1 is 1.27 bits per heavy atom. The van der Waals surface area contributed by atoms with Crippen molar-refractivity contribution in [2.75, 3.05) is 12.8 Å². The van der Waals surface area contributed by atoms with E-state index in [-0.39, 0.29) is 11.7 Å². The van der Waals surface area contributed by atoms with Gasteiger partial charge in [-0.3, -0.25) is 0 Å². The van der Waals surface area contributed by atoms with E-state index in [2.05, 4.69) is 5.32 Å². The molecule has 0 spiro atoms. The van der Waals surface area contributed by atoms with Crippen LogP contribution in [0.1, 0.15) is 24.1 Å². The molecule has 15 heavy (non-hydrogen) atoms. The maximum Gasteiger partial charge on any atom is 0.416 e. The summed E-state index contributed by atoms with van der Waals surface area (Å²) in [6.45, 7) is 1.77. The minimum atomic E-state index is -4.35. The molecule has 0 aromatic heterocycles. The average Bonchev–Trinajstić information content (AvgIpc) is 2.14. The summed E-state index contributed by atoms with van der Waals surface area (Å²) >= 11 is 0. The number of rotatable bonds is 2. The standard InChI is InChI=1S/C10H13F3N2/c1-6(15-2)7-3-8(10(11,12)13)5-9(14)4-7/h3-6,15H,14H2,1-2H3/t6-/m1/s1. The predicted octanol–water partition coefficient (Wildman–Crippen LogP) is 2.57. The first-order chi connectivity index (χ1) is 6.84. The molecule has 0 saturated heterocycles. The number of nitrogens with one attached hydrogen (secondary N) is 1. The molecule has 0 radical (unpaired) electrons. The van der Waals surface area contributed by atoms with Gasteiger partial charge in [0.25, 0.3) is 0 Å². The van der Waals surface area contributed by atoms with Crippen LogP contribution in [0.5, 0.6) is 0 Å². The molecule has 0 fully saturated rings. The summed E-state index contributed by atoms with van der Waals surface area (Å²) in [5.74, 6) is 0. The van der Waals surface area contributed by atoms with Crippen molar-refractivity contribution in [3.8, 4) is 0 Å². The number of benzene rings is 1. The van der Waals surface area contributed by atoms with E-state index in [1.807, 2.05) is 0 Å². The second kappa shape index (κ2) is 4.10. The number of nitrogen functional groups attached to an aromatic ring is 1. The third-order valence-electron chi connectivity index (χ3n) is 2.24. The Morgan fingerprint density at radius 2 is 1.87 bits per heavy atom. The minimum absolute atomic E-state index is 0.127. The van der Waals surface area contributed by atoms with Crippen LogP contribution in [0.25, 0.3) is 0 Å². The lowest BCUT2D eigenvalue weighted by molar-refractivity contribution is -0.137. The second-order valence-electron chi connectivity index (χ2n) is 3.40. The Kier molecular flexibility index (Phi) is 3.24. The topological polar surface area (TPSA) is 38.0 Å². The van der Waals surface area contributed by atoms with Crippen LogP contribution in [-0.2, 0) is 6.18 Å². The normalized spacial score (nSPS) is 13.9. The van der Waals surface area contributed by atoms with E-state index >= 15 is 0 Å². The van der Waals surface area contributed by atoms with Gasteiger partial charge in [-0.1, -0.05) is 0 Å². The van der Waals surface area contributed by atoms with Crippen molar-refractivity contribution < 1.29 is 13.2 Å². The van der Waals surface area contributed by atoms with Gasteiger partial charge in [0, 0.05) is 11.7 Å². The second-order valence-corrected chi connectivity index (χ2v) is 3.40. The summed E-state index contributed by atoms with van der Waals surface area (Å²) in [4.78, 5) is 0. The lowest BCUT2D eigenvalue weighted by Gasteiger charge is -2.14. The maximum atomic E-state index is 12.4. The number of alkyl halides is 3. The van der Waals surface area contributed by atoms with E-state index in [0.717, 1.165) is 12.1 Å². The molecule has 84 valence electrons. The fourth-order valence-electron chi connectivity index (χ4n) is 1.26. The van der Waals surface area contributed by atoms with Crippen LogP contribution >= 0.6 is 0 Å². The number of nitrogens with two attached hydrogens (primary N) is 1. The van der Waals surface area contributed by atoms with Gasteiger partial charge in [-0.25, -0.2) is 0 Å². The van der Waals surface area contributed by atoms with E-state index in [0.29, 0.717) is 5.56 Å². The monoisotopic (exact) mass is 218 g/mol. The van der Waals surface area contributed by atoms with Crippen molar-refractivity contribution in [3.05, 3.63) is 29.3 Å². The average molecular weight is 218 g/mol. The molecule has 1 atom stereocenters. The highest BCUT2D eigenvalue weighted by Gasteiger charge is 2.31. The smallest absolute Gasteiger partial charge is 0.399 e. The van der Waals surface area contributed by atoms with Gasteiger partial charge in [0.1, 0.15) is 0 Å². The molecule has 3 N–H and O–H groups in total. The van der Waals surface area contributed by atoms with Crippen molar-refractivity contribution in [2.45, 2.75) is 19.1 Å². The zero-order valence-electron chi connectivity index (χ0n) is 8.52. The molecule has 0 heterocycles. The van der Waals surface area contributed by atoms with Gasteiger partial charge in [0.2, 0.25) is 0 Å². The Morgan fingerprint density at radius 3 is 2.33 bits per heavy atom. The Labute approximate surface area is 86.3 Å². The van der Waals surface area contributed by atoms with Crippen molar-refractivity contribution in [1.82, 2.24) is 5.32 Å². The summed E-state index contributed by atoms with van der Waals surface area (Å²) in [7, 11) is 1.68. The minimum Gasteiger partial charge on any atom is -0.399 e. The van der Waals surface area contributed by atoms with E-state index in [9.17, 15) is 13.2 Å². The predicted molar refractivity (Wildman–Crippen MR) is 53.3 cm³/mol. The van der Waals surface area contributed by atoms with E-state index in [1.54, 1.807) is 14.0 Å². The molecule has 1 aromatic carbocycles. The van der Waals surface area contributed by atoms with Crippen LogP contribution in [0, 0.1) is 0 Å². The van der Waals surface area contributed by atoms with Crippen LogP contribution < -0.4 is 11.1 Å². The highest BCUT2D eigenvalue weighted by Crippen LogP contribution is 2.32. The third kappa shape index (κ3) is 2.86. The Balaban J connectivity index is 3.17. The van der Waals surface area contributed by atoms with Crippen LogP contribution in [0.2, 0.25) is 0 Å². The molecule has 1 aromatic rings. The maximum absolute atomic E-state index is 12.4. The molecule has 0 unspecified atom stereocenters. The number of hydrogen-bond acceptors (Lipinski definition) is 2. The molecule has 2 nitrogen and oxygen atoms in total. The highest BCUT2D eigenvalue weighted by atomic mass is 19.4. The van der Waals surface area contributed by atoms with Gasteiger partial charge < -0.3 is 11.1 Å². The molecule has 5 heteroatoms. The summed E-state index contributed by atoms with van der Waals surface area (Å²) in [6, 6.07) is 3.43. The molecule has 0 aliphatic rings. The van der Waals surface area contributed by atoms with Gasteiger partial charge in [0.15, 0.2) is 0 Å². The fraction of sp³-hybridized carbons (Fsp3) is 0.400. The first kappa shape index (κ1) is 11.8. The molecular formula is C10H13F3N2. The quantitative estimate of drug-likeness (QED) is 0.749. The van der Waals surface area contributed by atoms with Crippen molar-refractivity contribution in [2.24, 2.45) is 0 Å². The zero-order chi connectivity index (χ0) is 11.6. The SMILES string of the molecule is CN[C@H](C)c1cc(N)cc(C(F)(F)F)c1. The number of hydrogen-bond donors (Lipinski definition) is 2. The van der Waals surface area contributed by atoms with Crippen molar-refractivity contribution in [1.29, 1.82) is 0 Å². The first-order valence-electron chi connectivity index (χ1n) is 4.49. The highest BCUT2D eigenvalue weighted by molar-refractivity contribution is 5.46. The fourth-order valence-corrected chi connectivity index (χ4v) is 1.26. The molecule has 0 aliphatic heterocycles. The van der Waals surface area contributed by atoms with Crippen LogP contribution in [0.4, 0.5) is 18.9 Å². The number of anilines is 1. The van der Waals surface area contributed by atoms with Gasteiger partial charge in [-0.15, -0.1) is 0 Å². The van der Waals surface area contributed by atoms with Gasteiger partial charge in [0.05, 0.1) is 5.56 Å². The van der Waals surface area contributed by atoms with Gasteiger partial charge in [-0.2, -0.15) is 13.2 Å². The first-order valence-corrected chi connectivity index (χ1v) is 4.49. The van der Waals surface area contributed by atoms with Crippen molar-refractivity contribution >= 4 is 5.69 Å². The molecule has 0 amide bonds. The molecule has 0 aliphatic carbocycles. The van der Waals surface area contributed by atoms with Crippen molar-refractivity contribution in [3.63, 3.8) is 0 Å². The molecular weight excluding hydrogens is 205 g/mol. The Hall–Kier alpha value is -1.23. The lowest BCUT2D eigenvalue weighted by Crippen LogP contribution is -2.14. The lowest BCUT2D eigenvalue weighted by atomic mass is 10.0. The van der Waals surface area contributed by atoms with E-state index < -0.39 is 11.7 Å². The summed E-state index contributed by atoms with van der Waals surface area (Å²) in [6.07, 6.45) is -4.35. The number of halogens is 3. The third-order valence-corrected chi connectivity index (χ3v) is 2.24. The zero-order valence-corrected chi connectivity index (χ0v) is 8.52. The van der Waals surface area contributed by atoms with Gasteiger partial charge in [-0.05, 0) is 37.7 Å². The van der Waals surface area contributed by atoms with Gasteiger partial charge >= 0.3 is 6.18 Å². The molecule has 0 saturated carbocycles. The molecule has 0 bridgehead atoms. The summed E-state index contributed by atoms with van der Waals surface area (Å²) < 4.78 is 37.3. The van der Waals surface area contributed by atoms with Crippen LogP contribution in [-0.4, -0.2) is 7.05 Å². The van der Waals surface area contributed by atoms with E-state index in [4.69, 9.17) is 5.73 Å². The van der Waals surface area contributed by atoms with Crippen LogP contribution in [0.15, 0.2) is 18.2 Å². The van der Waals surface area contributed by atoms with Crippen LogP contribution in [0.3, 0.4) is 0 Å². The van der Waals surface area contributed by atoms with E-state index in [1.165, 1.54) is 6.07 Å². The summed E-state index contributed by atoms with van der Waals surface area (Å²) in [5.41, 5.74) is 5.37. The summed E-state index contributed by atoms with van der Waals surface area (Å²) in [5, 5.41) is 2.86. The largest absolute Gasteiger partial charge is 0.416 e.